The highest BCUT2D eigenvalue weighted by molar-refractivity contribution is 6.26. The maximum Gasteiger partial charge on any atom is 0.160 e. The number of hydrogen-bond donors (Lipinski definition) is 0. The molecule has 10 rings (SSSR count). The molecule has 10 aromatic rings. The number of aromatic nitrogens is 4. The highest BCUT2D eigenvalue weighted by Crippen LogP contribution is 2.42. The molecule has 0 bridgehead atoms. The number of hydrogen-bond acceptors (Lipinski definition) is 3. The van der Waals surface area contributed by atoms with Gasteiger partial charge in [0, 0.05) is 49.6 Å². The van der Waals surface area contributed by atoms with E-state index in [2.05, 4.69) is 143 Å². The third-order valence-electron chi connectivity index (χ3n) is 9.93. The van der Waals surface area contributed by atoms with Crippen LogP contribution in [-0.2, 0) is 0 Å². The van der Waals surface area contributed by atoms with Crippen LogP contribution in [0, 0.1) is 11.3 Å². The van der Waals surface area contributed by atoms with Gasteiger partial charge in [0.05, 0.1) is 45.1 Å². The van der Waals surface area contributed by atoms with Gasteiger partial charge in [0.1, 0.15) is 0 Å². The molecule has 7 aromatic carbocycles. The Morgan fingerprint density at radius 1 is 0.423 bits per heavy atom. The van der Waals surface area contributed by atoms with E-state index in [1.807, 2.05) is 48.5 Å². The zero-order valence-corrected chi connectivity index (χ0v) is 28.0. The van der Waals surface area contributed by atoms with Crippen LogP contribution in [0.25, 0.3) is 88.9 Å². The van der Waals surface area contributed by atoms with E-state index >= 15 is 0 Å². The van der Waals surface area contributed by atoms with Crippen molar-refractivity contribution in [3.8, 4) is 51.3 Å². The topological polar surface area (TPSA) is 59.4 Å². The molecular weight excluding hydrogens is 635 g/mol. The van der Waals surface area contributed by atoms with Gasteiger partial charge in [-0.2, -0.15) is 5.26 Å². The summed E-state index contributed by atoms with van der Waals surface area (Å²) in [6.07, 6.45) is 0. The third-order valence-corrected chi connectivity index (χ3v) is 9.93. The maximum atomic E-state index is 9.94. The van der Waals surface area contributed by atoms with Crippen LogP contribution in [0.1, 0.15) is 5.56 Å². The molecule has 0 unspecified atom stereocenters. The first kappa shape index (κ1) is 29.6. The number of rotatable bonds is 5. The molecule has 0 aliphatic rings. The van der Waals surface area contributed by atoms with Crippen LogP contribution in [0.3, 0.4) is 0 Å². The van der Waals surface area contributed by atoms with Gasteiger partial charge < -0.3 is 9.13 Å². The van der Waals surface area contributed by atoms with Gasteiger partial charge in [-0.05, 0) is 60.7 Å². The van der Waals surface area contributed by atoms with Gasteiger partial charge in [0.25, 0.3) is 0 Å². The van der Waals surface area contributed by atoms with Crippen molar-refractivity contribution in [2.24, 2.45) is 0 Å². The Morgan fingerprint density at radius 3 is 1.81 bits per heavy atom. The van der Waals surface area contributed by atoms with Crippen LogP contribution >= 0.6 is 0 Å². The summed E-state index contributed by atoms with van der Waals surface area (Å²) in [4.78, 5) is 10.2. The lowest BCUT2D eigenvalue weighted by molar-refractivity contribution is 1.16. The monoisotopic (exact) mass is 663 g/mol. The summed E-state index contributed by atoms with van der Waals surface area (Å²) in [7, 11) is 0. The molecule has 3 aromatic heterocycles. The molecule has 0 radical (unpaired) electrons. The van der Waals surface area contributed by atoms with E-state index in [0.717, 1.165) is 77.7 Å². The minimum Gasteiger partial charge on any atom is -0.309 e. The average Bonchev–Trinajstić information content (AvgIpc) is 3.74. The van der Waals surface area contributed by atoms with Gasteiger partial charge in [-0.15, -0.1) is 0 Å². The third kappa shape index (κ3) is 4.70. The molecule has 3 heterocycles. The van der Waals surface area contributed by atoms with E-state index in [9.17, 15) is 5.26 Å². The first-order valence-electron chi connectivity index (χ1n) is 17.3. The number of fused-ring (bicyclic) bond motifs is 7. The fourth-order valence-electron chi connectivity index (χ4n) is 7.62. The fourth-order valence-corrected chi connectivity index (χ4v) is 7.62. The number of nitrogens with zero attached hydrogens (tertiary/aromatic N) is 5. The highest BCUT2D eigenvalue weighted by Gasteiger charge is 2.21. The summed E-state index contributed by atoms with van der Waals surface area (Å²) in [5.74, 6) is 0.679. The molecule has 0 saturated carbocycles. The van der Waals surface area contributed by atoms with E-state index < -0.39 is 0 Å². The minimum absolute atomic E-state index is 0.634. The largest absolute Gasteiger partial charge is 0.309 e. The lowest BCUT2D eigenvalue weighted by Gasteiger charge is -2.13. The fraction of sp³-hybridized carbons (Fsp3) is 0. The van der Waals surface area contributed by atoms with Crippen LogP contribution in [-0.4, -0.2) is 19.1 Å². The molecule has 0 amide bonds. The van der Waals surface area contributed by atoms with Gasteiger partial charge in [-0.25, -0.2) is 9.97 Å². The molecule has 0 aliphatic heterocycles. The smallest absolute Gasteiger partial charge is 0.160 e. The summed E-state index contributed by atoms with van der Waals surface area (Å²) in [5.41, 5.74) is 11.8. The summed E-state index contributed by atoms with van der Waals surface area (Å²) in [5, 5.41) is 14.4. The SMILES string of the molecule is N#Cc1ccc2c(c1)c1ccc3c(c4ccccc4n3-c3ccccc3)c1n2-c1cccc(-c2cc(-c3ccccc3)nc(-c3ccccc3)n2)c1. The van der Waals surface area contributed by atoms with E-state index in [4.69, 9.17) is 9.97 Å². The summed E-state index contributed by atoms with van der Waals surface area (Å²) < 4.78 is 4.71. The van der Waals surface area contributed by atoms with Crippen molar-refractivity contribution in [2.75, 3.05) is 0 Å². The predicted octanol–water partition coefficient (Wildman–Crippen LogP) is 11.5. The van der Waals surface area contributed by atoms with E-state index in [1.165, 1.54) is 5.39 Å². The van der Waals surface area contributed by atoms with E-state index in [1.54, 1.807) is 0 Å². The molecule has 242 valence electrons. The highest BCUT2D eigenvalue weighted by atomic mass is 15.0. The Hall–Kier alpha value is -7.29. The number of nitriles is 1. The second-order valence-electron chi connectivity index (χ2n) is 13.0. The van der Waals surface area contributed by atoms with Crippen LogP contribution < -0.4 is 0 Å². The molecule has 5 heteroatoms. The van der Waals surface area contributed by atoms with Crippen molar-refractivity contribution in [3.05, 3.63) is 181 Å². The maximum absolute atomic E-state index is 9.94. The first-order chi connectivity index (χ1) is 25.7. The van der Waals surface area contributed by atoms with Crippen molar-refractivity contribution < 1.29 is 0 Å². The molecule has 0 saturated heterocycles. The van der Waals surface area contributed by atoms with Crippen LogP contribution in [0.5, 0.6) is 0 Å². The van der Waals surface area contributed by atoms with Crippen molar-refractivity contribution in [2.45, 2.75) is 0 Å². The predicted molar refractivity (Wildman–Crippen MR) is 212 cm³/mol. The Bertz CT molecular complexity index is 2950. The molecular formula is C47H29N5. The van der Waals surface area contributed by atoms with Crippen LogP contribution in [0.4, 0.5) is 0 Å². The van der Waals surface area contributed by atoms with Gasteiger partial charge >= 0.3 is 0 Å². The Labute approximate surface area is 299 Å². The zero-order chi connectivity index (χ0) is 34.6. The summed E-state index contributed by atoms with van der Waals surface area (Å²) >= 11 is 0. The second kappa shape index (κ2) is 11.9. The molecule has 52 heavy (non-hydrogen) atoms. The van der Waals surface area contributed by atoms with E-state index in [-0.39, 0.29) is 0 Å². The standard InChI is InChI=1S/C47H29N5/c48-30-31-23-25-43-39(27-31)37-24-26-44-45(38-21-10-11-22-42(38)51(44)35-18-8-3-9-19-35)46(37)52(43)36-20-12-17-34(28-36)41-29-40(32-13-4-1-5-14-32)49-47(50-41)33-15-6-2-7-16-33/h1-29H. The quantitative estimate of drug-likeness (QED) is 0.184. The van der Waals surface area contributed by atoms with Crippen LogP contribution in [0.2, 0.25) is 0 Å². The van der Waals surface area contributed by atoms with Gasteiger partial charge in [0.2, 0.25) is 0 Å². The van der Waals surface area contributed by atoms with Gasteiger partial charge in [0.15, 0.2) is 5.82 Å². The van der Waals surface area contributed by atoms with Crippen molar-refractivity contribution in [1.82, 2.24) is 19.1 Å². The Kier molecular flexibility index (Phi) is 6.80. The lowest BCUT2D eigenvalue weighted by atomic mass is 10.1. The molecule has 5 nitrogen and oxygen atoms in total. The minimum atomic E-state index is 0.634. The lowest BCUT2D eigenvalue weighted by Crippen LogP contribution is -1.98. The summed E-state index contributed by atoms with van der Waals surface area (Å²) in [6, 6.07) is 63.1. The molecule has 0 spiro atoms. The molecule has 0 atom stereocenters. The molecule has 0 fully saturated rings. The number of para-hydroxylation sites is 2. The zero-order valence-electron chi connectivity index (χ0n) is 28.0. The summed E-state index contributed by atoms with van der Waals surface area (Å²) in [6.45, 7) is 0. The first-order valence-corrected chi connectivity index (χ1v) is 17.3. The van der Waals surface area contributed by atoms with Crippen molar-refractivity contribution in [1.29, 1.82) is 5.26 Å². The normalized spacial score (nSPS) is 11.4. The van der Waals surface area contributed by atoms with Crippen LogP contribution in [0.15, 0.2) is 176 Å². The Balaban J connectivity index is 1.27. The second-order valence-corrected chi connectivity index (χ2v) is 13.0. The Morgan fingerprint density at radius 2 is 1.04 bits per heavy atom. The molecule has 0 aliphatic carbocycles. The van der Waals surface area contributed by atoms with Gasteiger partial charge in [-0.3, -0.25) is 0 Å². The average molecular weight is 664 g/mol. The van der Waals surface area contributed by atoms with E-state index in [0.29, 0.717) is 11.4 Å². The van der Waals surface area contributed by atoms with Crippen molar-refractivity contribution >= 4 is 43.6 Å². The molecule has 0 N–H and O–H groups in total. The van der Waals surface area contributed by atoms with Gasteiger partial charge in [-0.1, -0.05) is 115 Å². The number of benzene rings is 7. The van der Waals surface area contributed by atoms with Crippen molar-refractivity contribution in [3.63, 3.8) is 0 Å².